The van der Waals surface area contributed by atoms with Crippen molar-refractivity contribution in [3.63, 3.8) is 0 Å². The summed E-state index contributed by atoms with van der Waals surface area (Å²) in [5, 5.41) is 18.8. The van der Waals surface area contributed by atoms with Crippen LogP contribution in [0.4, 0.5) is 11.4 Å². The number of benzene rings is 2. The van der Waals surface area contributed by atoms with Crippen LogP contribution in [0.5, 0.6) is 0 Å². The monoisotopic (exact) mass is 1260 g/mol. The molecule has 84 heavy (non-hydrogen) atoms. The molecule has 17 heteroatoms. The quantitative estimate of drug-likeness (QED) is 0.0208. The number of amides is 2. The van der Waals surface area contributed by atoms with Gasteiger partial charge in [-0.3, -0.25) is 19.6 Å². The predicted octanol–water partition coefficient (Wildman–Crippen LogP) is 11.2. The van der Waals surface area contributed by atoms with Crippen LogP contribution in [0.15, 0.2) is 97.6 Å². The highest BCUT2D eigenvalue weighted by Gasteiger charge is 2.20. The molecule has 4 fully saturated rings. The lowest BCUT2D eigenvalue weighted by Gasteiger charge is -2.31. The number of aromatic nitrogens is 4. The maximum atomic E-state index is 12.3. The first-order chi connectivity index (χ1) is 41.8. The van der Waals surface area contributed by atoms with Gasteiger partial charge in [0.05, 0.1) is 35.6 Å². The Morgan fingerprint density at radius 3 is 1.46 bits per heavy atom. The molecule has 2 aromatic carbocycles. The number of fused-ring (bicyclic) bond motifs is 2. The van der Waals surface area contributed by atoms with Crippen molar-refractivity contribution in [2.24, 2.45) is 11.8 Å². The van der Waals surface area contributed by atoms with Gasteiger partial charge in [-0.1, -0.05) is 105 Å². The summed E-state index contributed by atoms with van der Waals surface area (Å²) in [4.78, 5) is 50.6. The lowest BCUT2D eigenvalue weighted by Crippen LogP contribution is -2.39. The van der Waals surface area contributed by atoms with Crippen LogP contribution in [0.25, 0.3) is 44.3 Å². The highest BCUT2D eigenvalue weighted by atomic mass is 127. The topological polar surface area (TPSA) is 174 Å². The standard InChI is InChI=1S/C33H46N6O2.C31H42N6O2.C2H5I.CH4/c1-2-38-19-12-26(13-20-38)22-36-33(40)25-41-24-27-7-9-28(10-8-27)31-21-32(29-23-34-15-11-30(29)37-31)35-14-6-18-39-16-4-3-5-17-39;38-31(35-20-24-9-13-32-14-10-24)23-39-22-25-5-7-26(8-6-25)29-19-30(27-21-33-15-11-28(27)36-29)34-12-4-18-37-16-2-1-3-17-37;1-2-3;/h7-11,15,21,23,26H,2-6,12-14,16-20,22,24-25H2,1H3,(H,35,37)(H,36,40);5-8,11,15,19,21,24,32H,1-4,9-10,12-14,16-18,20,22-23H2,(H,34,36)(H,35,38);2H2,1H3;1H4/i;;;1T. The molecule has 0 radical (unpaired) electrons. The molecule has 0 bridgehead atoms. The molecule has 0 atom stereocenters. The fraction of sp³-hybridized carbons (Fsp3) is 0.552. The van der Waals surface area contributed by atoms with Gasteiger partial charge < -0.3 is 50.8 Å². The van der Waals surface area contributed by atoms with E-state index < -0.39 is 0 Å². The molecule has 4 aliphatic rings. The molecule has 10 rings (SSSR count). The number of carbonyl (C=O) groups excluding carboxylic acids is 2. The Labute approximate surface area is 516 Å². The fourth-order valence-electron chi connectivity index (χ4n) is 11.4. The number of rotatable bonds is 25. The van der Waals surface area contributed by atoms with Crippen LogP contribution in [0.1, 0.15) is 111 Å². The van der Waals surface area contributed by atoms with Crippen LogP contribution in [0, 0.1) is 11.8 Å². The highest BCUT2D eigenvalue weighted by molar-refractivity contribution is 14.1. The van der Waals surface area contributed by atoms with E-state index in [1.807, 2.05) is 36.7 Å². The number of nitrogens with one attached hydrogen (secondary N) is 5. The Morgan fingerprint density at radius 2 is 1.04 bits per heavy atom. The molecular weight excluding hydrogens is 1160 g/mol. The summed E-state index contributed by atoms with van der Waals surface area (Å²) in [5.41, 5.74) is 10.0. The number of piperidine rings is 4. The van der Waals surface area contributed by atoms with Crippen LogP contribution in [-0.4, -0.2) is 162 Å². The minimum absolute atomic E-state index is 0.0367. The number of pyridine rings is 4. The molecule has 4 aromatic heterocycles. The third kappa shape index (κ3) is 22.1. The molecule has 5 N–H and O–H groups in total. The minimum atomic E-state index is -0.0454. The average Bonchev–Trinajstić information content (AvgIpc) is 3.74. The van der Waals surface area contributed by atoms with Crippen LogP contribution >= 0.6 is 22.6 Å². The SMILES string of the molecule is CCI.CCN1CCC(CNC(=O)COCc2ccc(-c3cc(NCCCN4CCCCC4)c4cnccc4n3)cc2)CC1.O=C(COCc1ccc(-c2cc(NCCCN3CCCCC3)c3cnccc3n2)cc1)NCC1CCNCC1.[3H]C. The largest absolute Gasteiger partial charge is 0.384 e. The Kier molecular flexibility index (Phi) is 28.6. The molecule has 16 nitrogen and oxygen atoms in total. The van der Waals surface area contributed by atoms with E-state index in [1.165, 1.54) is 76.5 Å². The number of alkyl halides is 1. The summed E-state index contributed by atoms with van der Waals surface area (Å²) in [6, 6.07) is 24.7. The van der Waals surface area contributed by atoms with Gasteiger partial charge in [0.15, 0.2) is 0 Å². The van der Waals surface area contributed by atoms with Crippen LogP contribution in [-0.2, 0) is 32.3 Å². The summed E-state index contributed by atoms with van der Waals surface area (Å²) in [5.74, 6) is 1.06. The van der Waals surface area contributed by atoms with Crippen LogP contribution in [0.2, 0.25) is 0 Å². The first-order valence-corrected chi connectivity index (χ1v) is 32.6. The Bertz CT molecular complexity index is 2840. The van der Waals surface area contributed by atoms with Gasteiger partial charge in [0.2, 0.25) is 11.8 Å². The van der Waals surface area contributed by atoms with Crippen molar-refractivity contribution in [1.29, 1.82) is 0 Å². The molecule has 2 amide bonds. The number of hydrogen-bond acceptors (Lipinski definition) is 14. The van der Waals surface area contributed by atoms with E-state index in [4.69, 9.17) is 20.8 Å². The van der Waals surface area contributed by atoms with Gasteiger partial charge in [0, 0.05) is 85.6 Å². The first-order valence-electron chi connectivity index (χ1n) is 32.1. The molecule has 0 saturated carbocycles. The zero-order valence-electron chi connectivity index (χ0n) is 51.7. The predicted molar refractivity (Wildman–Crippen MR) is 354 cm³/mol. The summed E-state index contributed by atoms with van der Waals surface area (Å²) in [6.45, 7) is 21.3. The van der Waals surface area contributed by atoms with E-state index in [1.54, 1.807) is 12.4 Å². The fourth-order valence-corrected chi connectivity index (χ4v) is 11.4. The Morgan fingerprint density at radius 1 is 0.607 bits per heavy atom. The number of likely N-dealkylation sites (tertiary alicyclic amines) is 3. The van der Waals surface area contributed by atoms with Crippen molar-refractivity contribution in [1.82, 2.24) is 50.6 Å². The van der Waals surface area contributed by atoms with Crippen molar-refractivity contribution in [3.8, 4) is 22.5 Å². The maximum Gasteiger partial charge on any atom is 0.246 e. The number of halogens is 1. The smallest absolute Gasteiger partial charge is 0.246 e. The van der Waals surface area contributed by atoms with E-state index in [0.29, 0.717) is 25.0 Å². The van der Waals surface area contributed by atoms with Gasteiger partial charge in [-0.2, -0.15) is 0 Å². The number of hydrogen-bond donors (Lipinski definition) is 5. The molecule has 4 saturated heterocycles. The van der Waals surface area contributed by atoms with E-state index in [-0.39, 0.29) is 25.0 Å². The second kappa shape index (κ2) is 37.2. The van der Waals surface area contributed by atoms with Gasteiger partial charge in [-0.05, 0) is 188 Å². The summed E-state index contributed by atoms with van der Waals surface area (Å²) in [7, 11) is 1.25. The summed E-state index contributed by atoms with van der Waals surface area (Å²) in [6.07, 6.45) is 22.2. The third-order valence-electron chi connectivity index (χ3n) is 16.3. The highest BCUT2D eigenvalue weighted by Crippen LogP contribution is 2.30. The molecular formula is C67H97IN12O4. The van der Waals surface area contributed by atoms with E-state index in [0.717, 1.165) is 177 Å². The Hall–Kier alpha value is -5.41. The van der Waals surface area contributed by atoms with Gasteiger partial charge in [-0.15, -0.1) is 0 Å². The van der Waals surface area contributed by atoms with Crippen molar-refractivity contribution < 1.29 is 20.4 Å². The van der Waals surface area contributed by atoms with Gasteiger partial charge in [0.1, 0.15) is 13.2 Å². The van der Waals surface area contributed by atoms with Crippen LogP contribution in [0.3, 0.4) is 0 Å². The molecule has 6 aromatic rings. The molecule has 0 spiro atoms. The van der Waals surface area contributed by atoms with E-state index >= 15 is 0 Å². The van der Waals surface area contributed by atoms with Crippen molar-refractivity contribution in [3.05, 3.63) is 109 Å². The zero-order chi connectivity index (χ0) is 59.7. The van der Waals surface area contributed by atoms with Gasteiger partial charge >= 0.3 is 0 Å². The molecule has 8 heterocycles. The summed E-state index contributed by atoms with van der Waals surface area (Å²) < 4.78 is 18.4. The number of ether oxygens (including phenoxy) is 2. The van der Waals surface area contributed by atoms with E-state index in [2.05, 4.69) is 136 Å². The first kappa shape index (κ1) is 64.6. The van der Waals surface area contributed by atoms with Crippen molar-refractivity contribution in [2.45, 2.75) is 112 Å². The lowest BCUT2D eigenvalue weighted by molar-refractivity contribution is -0.127. The lowest BCUT2D eigenvalue weighted by atomic mass is 9.97. The molecule has 456 valence electrons. The number of carbonyl (C=O) groups is 2. The second-order valence-corrected chi connectivity index (χ2v) is 24.1. The van der Waals surface area contributed by atoms with Gasteiger partial charge in [0.25, 0.3) is 0 Å². The molecule has 0 aliphatic carbocycles. The molecule has 0 unspecified atom stereocenters. The van der Waals surface area contributed by atoms with Gasteiger partial charge in [-0.25, -0.2) is 9.97 Å². The molecule has 4 aliphatic heterocycles. The number of nitrogens with zero attached hydrogens (tertiary/aromatic N) is 7. The zero-order valence-corrected chi connectivity index (χ0v) is 52.8. The minimum Gasteiger partial charge on any atom is -0.384 e. The number of anilines is 2. The second-order valence-electron chi connectivity index (χ2n) is 22.6. The van der Waals surface area contributed by atoms with Crippen molar-refractivity contribution in [2.75, 3.05) is 126 Å². The van der Waals surface area contributed by atoms with Crippen LogP contribution < -0.4 is 26.6 Å². The average molecular weight is 1260 g/mol. The summed E-state index contributed by atoms with van der Waals surface area (Å²) >= 11 is 2.29. The van der Waals surface area contributed by atoms with E-state index in [9.17, 15) is 9.59 Å². The van der Waals surface area contributed by atoms with Crippen molar-refractivity contribution >= 4 is 67.6 Å². The normalized spacial score (nSPS) is 16.5. The maximum absolute atomic E-state index is 12.3. The Balaban J connectivity index is 0.000000227. The third-order valence-corrected chi connectivity index (χ3v) is 16.3.